The molecule has 0 bridgehead atoms. The van der Waals surface area contributed by atoms with Gasteiger partial charge in [0.25, 0.3) is 12.3 Å². The van der Waals surface area contributed by atoms with Crippen molar-refractivity contribution in [2.75, 3.05) is 23.3 Å². The number of hydrogen-bond donors (Lipinski definition) is 1. The SMILES string of the molecule is O=C(Nc1cccc(C(F)F)c1)c1ccc(N2CCCC2)nc1. The van der Waals surface area contributed by atoms with E-state index in [0.717, 1.165) is 31.7 Å². The van der Waals surface area contributed by atoms with Crippen LogP contribution in [0, 0.1) is 0 Å². The van der Waals surface area contributed by atoms with E-state index in [-0.39, 0.29) is 11.5 Å². The number of nitrogens with zero attached hydrogens (tertiary/aromatic N) is 2. The van der Waals surface area contributed by atoms with Gasteiger partial charge in [0.15, 0.2) is 0 Å². The van der Waals surface area contributed by atoms with Crippen molar-refractivity contribution >= 4 is 17.4 Å². The van der Waals surface area contributed by atoms with E-state index in [4.69, 9.17) is 0 Å². The van der Waals surface area contributed by atoms with Gasteiger partial charge in [0.1, 0.15) is 5.82 Å². The molecule has 1 N–H and O–H groups in total. The third-order valence-electron chi connectivity index (χ3n) is 3.84. The number of aromatic nitrogens is 1. The molecule has 1 saturated heterocycles. The molecule has 1 aromatic heterocycles. The fourth-order valence-electron chi connectivity index (χ4n) is 2.61. The first-order valence-electron chi connectivity index (χ1n) is 7.54. The van der Waals surface area contributed by atoms with E-state index in [1.807, 2.05) is 6.07 Å². The Morgan fingerprint density at radius 3 is 2.61 bits per heavy atom. The van der Waals surface area contributed by atoms with E-state index in [0.29, 0.717) is 11.3 Å². The van der Waals surface area contributed by atoms with Gasteiger partial charge < -0.3 is 10.2 Å². The van der Waals surface area contributed by atoms with Crippen molar-refractivity contribution in [1.29, 1.82) is 0 Å². The lowest BCUT2D eigenvalue weighted by Crippen LogP contribution is -2.19. The summed E-state index contributed by atoms with van der Waals surface area (Å²) in [5.41, 5.74) is 0.622. The maximum absolute atomic E-state index is 12.7. The van der Waals surface area contributed by atoms with E-state index >= 15 is 0 Å². The average Bonchev–Trinajstić information content (AvgIpc) is 3.09. The predicted octanol–water partition coefficient (Wildman–Crippen LogP) is 3.87. The van der Waals surface area contributed by atoms with Gasteiger partial charge in [-0.05, 0) is 37.1 Å². The van der Waals surface area contributed by atoms with Crippen LogP contribution in [0.3, 0.4) is 0 Å². The van der Waals surface area contributed by atoms with E-state index in [2.05, 4.69) is 15.2 Å². The highest BCUT2D eigenvalue weighted by molar-refractivity contribution is 6.04. The molecule has 1 aliphatic heterocycles. The number of amides is 1. The summed E-state index contributed by atoms with van der Waals surface area (Å²) in [7, 11) is 0. The summed E-state index contributed by atoms with van der Waals surface area (Å²) < 4.78 is 25.3. The second-order valence-corrected chi connectivity index (χ2v) is 5.48. The van der Waals surface area contributed by atoms with Crippen LogP contribution in [0.5, 0.6) is 0 Å². The summed E-state index contributed by atoms with van der Waals surface area (Å²) in [6, 6.07) is 9.19. The zero-order chi connectivity index (χ0) is 16.2. The van der Waals surface area contributed by atoms with Gasteiger partial charge in [-0.2, -0.15) is 0 Å². The van der Waals surface area contributed by atoms with Crippen molar-refractivity contribution in [2.24, 2.45) is 0 Å². The minimum absolute atomic E-state index is 0.120. The van der Waals surface area contributed by atoms with Crippen molar-refractivity contribution in [3.05, 3.63) is 53.7 Å². The first-order chi connectivity index (χ1) is 11.1. The maximum Gasteiger partial charge on any atom is 0.263 e. The number of alkyl halides is 2. The van der Waals surface area contributed by atoms with Gasteiger partial charge in [-0.25, -0.2) is 13.8 Å². The maximum atomic E-state index is 12.7. The van der Waals surface area contributed by atoms with Gasteiger partial charge in [-0.1, -0.05) is 12.1 Å². The van der Waals surface area contributed by atoms with Crippen LogP contribution in [0.1, 0.15) is 35.2 Å². The summed E-state index contributed by atoms with van der Waals surface area (Å²) in [6.45, 7) is 1.97. The number of anilines is 2. The molecule has 23 heavy (non-hydrogen) atoms. The Bertz CT molecular complexity index is 682. The molecule has 1 aliphatic rings. The topological polar surface area (TPSA) is 45.2 Å². The molecule has 1 amide bonds. The minimum Gasteiger partial charge on any atom is -0.357 e. The van der Waals surface area contributed by atoms with Crippen molar-refractivity contribution < 1.29 is 13.6 Å². The van der Waals surface area contributed by atoms with E-state index in [1.54, 1.807) is 12.1 Å². The third kappa shape index (κ3) is 3.64. The molecular weight excluding hydrogens is 300 g/mol. The van der Waals surface area contributed by atoms with Crippen molar-refractivity contribution in [3.63, 3.8) is 0 Å². The lowest BCUT2D eigenvalue weighted by Gasteiger charge is -2.16. The molecule has 0 spiro atoms. The first kappa shape index (κ1) is 15.4. The van der Waals surface area contributed by atoms with Gasteiger partial charge in [0.2, 0.25) is 0 Å². The molecule has 2 heterocycles. The normalized spacial score (nSPS) is 14.3. The molecule has 0 radical (unpaired) electrons. The molecule has 3 rings (SSSR count). The zero-order valence-corrected chi connectivity index (χ0v) is 12.5. The Hall–Kier alpha value is -2.50. The number of carbonyl (C=O) groups excluding carboxylic acids is 1. The highest BCUT2D eigenvalue weighted by Gasteiger charge is 2.14. The minimum atomic E-state index is -2.56. The second-order valence-electron chi connectivity index (χ2n) is 5.48. The average molecular weight is 317 g/mol. The summed E-state index contributed by atoms with van der Waals surface area (Å²) in [4.78, 5) is 18.7. The highest BCUT2D eigenvalue weighted by Crippen LogP contribution is 2.22. The van der Waals surface area contributed by atoms with Gasteiger partial charge in [0, 0.05) is 30.5 Å². The van der Waals surface area contributed by atoms with Crippen molar-refractivity contribution in [1.82, 2.24) is 4.98 Å². The molecule has 4 nitrogen and oxygen atoms in total. The van der Waals surface area contributed by atoms with Crippen LogP contribution in [0.4, 0.5) is 20.3 Å². The number of benzene rings is 1. The molecule has 0 aliphatic carbocycles. The number of halogens is 2. The Kier molecular flexibility index (Phi) is 4.50. The monoisotopic (exact) mass is 317 g/mol. The largest absolute Gasteiger partial charge is 0.357 e. The van der Waals surface area contributed by atoms with Crippen molar-refractivity contribution in [2.45, 2.75) is 19.3 Å². The molecule has 2 aromatic rings. The Morgan fingerprint density at radius 2 is 1.96 bits per heavy atom. The van der Waals surface area contributed by atoms with Gasteiger partial charge in [-0.3, -0.25) is 4.79 Å². The van der Waals surface area contributed by atoms with E-state index in [9.17, 15) is 13.6 Å². The molecule has 6 heteroatoms. The summed E-state index contributed by atoms with van der Waals surface area (Å²) in [5, 5.41) is 2.62. The van der Waals surface area contributed by atoms with E-state index in [1.165, 1.54) is 24.4 Å². The fourth-order valence-corrected chi connectivity index (χ4v) is 2.61. The van der Waals surface area contributed by atoms with Crippen LogP contribution in [0.25, 0.3) is 0 Å². The zero-order valence-electron chi connectivity index (χ0n) is 12.5. The van der Waals surface area contributed by atoms with Crippen LogP contribution >= 0.6 is 0 Å². The van der Waals surface area contributed by atoms with E-state index < -0.39 is 6.43 Å². The van der Waals surface area contributed by atoms with Crippen molar-refractivity contribution in [3.8, 4) is 0 Å². The van der Waals surface area contributed by atoms with Crippen LogP contribution in [0.2, 0.25) is 0 Å². The first-order valence-corrected chi connectivity index (χ1v) is 7.54. The molecule has 0 unspecified atom stereocenters. The highest BCUT2D eigenvalue weighted by atomic mass is 19.3. The van der Waals surface area contributed by atoms with Crippen LogP contribution in [0.15, 0.2) is 42.6 Å². The molecule has 1 aromatic carbocycles. The van der Waals surface area contributed by atoms with Gasteiger partial charge in [-0.15, -0.1) is 0 Å². The Balaban J connectivity index is 1.69. The summed E-state index contributed by atoms with van der Waals surface area (Å²) in [6.07, 6.45) is 1.27. The molecular formula is C17H17F2N3O. The number of hydrogen-bond acceptors (Lipinski definition) is 3. The van der Waals surface area contributed by atoms with Crippen LogP contribution < -0.4 is 10.2 Å². The lowest BCUT2D eigenvalue weighted by atomic mass is 10.2. The molecule has 0 saturated carbocycles. The summed E-state index contributed by atoms with van der Waals surface area (Å²) in [5.74, 6) is 0.496. The molecule has 120 valence electrons. The van der Waals surface area contributed by atoms with Gasteiger partial charge >= 0.3 is 0 Å². The number of carbonyl (C=O) groups is 1. The number of nitrogens with one attached hydrogen (secondary N) is 1. The quantitative estimate of drug-likeness (QED) is 0.931. The number of pyridine rings is 1. The lowest BCUT2D eigenvalue weighted by molar-refractivity contribution is 0.102. The fraction of sp³-hybridized carbons (Fsp3) is 0.294. The second kappa shape index (κ2) is 6.73. The Morgan fingerprint density at radius 1 is 1.17 bits per heavy atom. The third-order valence-corrected chi connectivity index (χ3v) is 3.84. The number of rotatable bonds is 4. The summed E-state index contributed by atoms with van der Waals surface area (Å²) >= 11 is 0. The van der Waals surface area contributed by atoms with Gasteiger partial charge in [0.05, 0.1) is 5.56 Å². The molecule has 1 fully saturated rings. The Labute approximate surface area is 133 Å². The van der Waals surface area contributed by atoms with Crippen LogP contribution in [-0.4, -0.2) is 24.0 Å². The molecule has 0 atom stereocenters. The predicted molar refractivity (Wildman–Crippen MR) is 85.0 cm³/mol. The smallest absolute Gasteiger partial charge is 0.263 e. The van der Waals surface area contributed by atoms with Crippen LogP contribution in [-0.2, 0) is 0 Å². The standard InChI is InChI=1S/C17H17F2N3O/c18-16(19)12-4-3-5-14(10-12)21-17(23)13-6-7-15(20-11-13)22-8-1-2-9-22/h3-7,10-11,16H,1-2,8-9H2,(H,21,23).